The summed E-state index contributed by atoms with van der Waals surface area (Å²) in [6.45, 7) is 0.400. The first-order valence-electron chi connectivity index (χ1n) is 10.0. The Bertz CT molecular complexity index is 1210. The van der Waals surface area contributed by atoms with Crippen LogP contribution in [-0.4, -0.2) is 24.9 Å². The van der Waals surface area contributed by atoms with Crippen molar-refractivity contribution in [1.29, 1.82) is 0 Å². The van der Waals surface area contributed by atoms with Crippen molar-refractivity contribution in [3.63, 3.8) is 0 Å². The smallest absolute Gasteiger partial charge is 0.387 e. The lowest BCUT2D eigenvalue weighted by Crippen LogP contribution is -2.23. The van der Waals surface area contributed by atoms with Crippen molar-refractivity contribution in [1.82, 2.24) is 0 Å². The molecule has 0 saturated carbocycles. The van der Waals surface area contributed by atoms with Gasteiger partial charge in [0.1, 0.15) is 23.6 Å². The second kappa shape index (κ2) is 8.53. The molecule has 4 rings (SSSR count). The number of fused-ring (bicyclic) bond motifs is 2. The van der Waals surface area contributed by atoms with Gasteiger partial charge in [-0.1, -0.05) is 30.3 Å². The second-order valence-corrected chi connectivity index (χ2v) is 7.64. The number of amides is 1. The molecule has 1 aliphatic heterocycles. The topological polar surface area (TPSA) is 55.8 Å². The number of alkyl halides is 2. The third-order valence-corrected chi connectivity index (χ3v) is 5.21. The molecule has 0 fully saturated rings. The van der Waals surface area contributed by atoms with Crippen molar-refractivity contribution in [3.05, 3.63) is 65.0 Å². The van der Waals surface area contributed by atoms with E-state index >= 15 is 0 Å². The second-order valence-electron chi connectivity index (χ2n) is 7.64. The molecule has 1 amide bonds. The molecule has 0 saturated heterocycles. The summed E-state index contributed by atoms with van der Waals surface area (Å²) >= 11 is 0. The van der Waals surface area contributed by atoms with Crippen LogP contribution in [0.1, 0.15) is 35.3 Å². The van der Waals surface area contributed by atoms with Crippen LogP contribution < -0.4 is 14.4 Å². The lowest BCUT2D eigenvalue weighted by atomic mass is 9.99. The normalized spacial score (nSPS) is 13.2. The summed E-state index contributed by atoms with van der Waals surface area (Å²) in [5, 5.41) is 0.864. The molecule has 0 bridgehead atoms. The molecule has 0 unspecified atom stereocenters. The van der Waals surface area contributed by atoms with E-state index in [1.165, 1.54) is 17.0 Å². The fraction of sp³-hybridized carbons (Fsp3) is 0.250. The highest BCUT2D eigenvalue weighted by atomic mass is 19.3. The van der Waals surface area contributed by atoms with E-state index in [2.05, 4.69) is 0 Å². The molecule has 1 aliphatic rings. The van der Waals surface area contributed by atoms with Crippen molar-refractivity contribution in [2.75, 3.05) is 4.90 Å². The van der Waals surface area contributed by atoms with Gasteiger partial charge >= 0.3 is 6.61 Å². The first-order valence-corrected chi connectivity index (χ1v) is 10.0. The van der Waals surface area contributed by atoms with Crippen molar-refractivity contribution in [3.8, 4) is 11.5 Å². The summed E-state index contributed by atoms with van der Waals surface area (Å²) in [4.78, 5) is 25.4. The molecular weight excluding hydrogens is 423 g/mol. The number of hydrogen-bond acceptors (Lipinski definition) is 4. The lowest BCUT2D eigenvalue weighted by Gasteiger charge is -2.19. The number of halogens is 3. The molecule has 3 aromatic carbocycles. The largest absolute Gasteiger partial charge is 0.490 e. The van der Waals surface area contributed by atoms with Crippen LogP contribution in [0, 0.1) is 5.82 Å². The van der Waals surface area contributed by atoms with Gasteiger partial charge in [0.25, 0.3) is 5.91 Å². The third-order valence-electron chi connectivity index (χ3n) is 5.21. The van der Waals surface area contributed by atoms with Crippen molar-refractivity contribution >= 4 is 28.7 Å². The van der Waals surface area contributed by atoms with E-state index in [1.54, 1.807) is 38.1 Å². The Balaban J connectivity index is 1.91. The van der Waals surface area contributed by atoms with Crippen LogP contribution in [0.2, 0.25) is 0 Å². The summed E-state index contributed by atoms with van der Waals surface area (Å²) in [6, 6.07) is 10.8. The first kappa shape index (κ1) is 21.7. The maximum Gasteiger partial charge on any atom is 0.387 e. The Hall–Kier alpha value is -3.55. The quantitative estimate of drug-likeness (QED) is 0.467. The Morgan fingerprint density at radius 3 is 2.34 bits per heavy atom. The highest BCUT2D eigenvalue weighted by Crippen LogP contribution is 2.46. The number of rotatable bonds is 7. The van der Waals surface area contributed by atoms with E-state index in [0.717, 1.165) is 6.07 Å². The summed E-state index contributed by atoms with van der Waals surface area (Å²) in [5.41, 5.74) is 0.803. The number of hydrogen-bond donors (Lipinski definition) is 0. The standard InChI is InChI=1S/C24H20F3NO4/c1-13(2)31-22-17-6-4-3-5-16(17)21(32-24(26)27)18-12-28(23(30)20(18)22)15-8-7-14(9-10-29)19(25)11-15/h3-8,10-11,13,24H,9,12H2,1-2H3. The van der Waals surface area contributed by atoms with Crippen molar-refractivity contribution in [2.45, 2.75) is 39.5 Å². The zero-order valence-electron chi connectivity index (χ0n) is 17.4. The fourth-order valence-corrected chi connectivity index (χ4v) is 3.92. The molecule has 0 aliphatic carbocycles. The molecule has 8 heteroatoms. The van der Waals surface area contributed by atoms with Crippen LogP contribution in [0.4, 0.5) is 18.9 Å². The summed E-state index contributed by atoms with van der Waals surface area (Å²) in [6.07, 6.45) is 0.209. The van der Waals surface area contributed by atoms with Crippen LogP contribution in [-0.2, 0) is 17.8 Å². The number of benzene rings is 3. The Labute approximate surface area is 182 Å². The number of anilines is 1. The summed E-state index contributed by atoms with van der Waals surface area (Å²) < 4.78 is 51.8. The number of carbonyl (C=O) groups excluding carboxylic acids is 2. The molecular formula is C24H20F3NO4. The van der Waals surface area contributed by atoms with Gasteiger partial charge in [-0.05, 0) is 31.5 Å². The number of carbonyl (C=O) groups is 2. The summed E-state index contributed by atoms with van der Waals surface area (Å²) in [5.74, 6) is -0.970. The fourth-order valence-electron chi connectivity index (χ4n) is 3.92. The molecule has 5 nitrogen and oxygen atoms in total. The van der Waals surface area contributed by atoms with Gasteiger partial charge in [-0.3, -0.25) is 4.79 Å². The van der Waals surface area contributed by atoms with Gasteiger partial charge in [-0.15, -0.1) is 0 Å². The van der Waals surface area contributed by atoms with Gasteiger partial charge in [0.05, 0.1) is 18.2 Å². The van der Waals surface area contributed by atoms with Crippen LogP contribution in [0.15, 0.2) is 42.5 Å². The van der Waals surface area contributed by atoms with Gasteiger partial charge in [0.15, 0.2) is 0 Å². The van der Waals surface area contributed by atoms with E-state index in [4.69, 9.17) is 9.47 Å². The molecule has 0 aromatic heterocycles. The minimum Gasteiger partial charge on any atom is -0.490 e. The summed E-state index contributed by atoms with van der Waals surface area (Å²) in [7, 11) is 0. The monoisotopic (exact) mass is 443 g/mol. The number of ether oxygens (including phenoxy) is 2. The van der Waals surface area contributed by atoms with Gasteiger partial charge in [-0.25, -0.2) is 4.39 Å². The molecule has 0 N–H and O–H groups in total. The van der Waals surface area contributed by atoms with E-state index in [-0.39, 0.29) is 52.9 Å². The lowest BCUT2D eigenvalue weighted by molar-refractivity contribution is -0.107. The third kappa shape index (κ3) is 3.77. The van der Waals surface area contributed by atoms with Gasteiger partial charge in [0.2, 0.25) is 0 Å². The first-order chi connectivity index (χ1) is 15.3. The molecule has 32 heavy (non-hydrogen) atoms. The maximum atomic E-state index is 14.4. The SMILES string of the molecule is CC(C)Oc1c2c(c(OC(F)F)c3ccccc13)CN(c1ccc(CC=O)c(F)c1)C2=O. The van der Waals surface area contributed by atoms with E-state index in [1.807, 2.05) is 0 Å². The Morgan fingerprint density at radius 1 is 1.06 bits per heavy atom. The molecule has 3 aromatic rings. The van der Waals surface area contributed by atoms with Crippen LogP contribution in [0.25, 0.3) is 10.8 Å². The predicted molar refractivity (Wildman–Crippen MR) is 113 cm³/mol. The zero-order valence-corrected chi connectivity index (χ0v) is 17.4. The minimum absolute atomic E-state index is 0.0928. The molecule has 166 valence electrons. The molecule has 0 spiro atoms. The predicted octanol–water partition coefficient (Wildman–Crippen LogP) is 5.27. The number of nitrogens with zero attached hydrogens (tertiary/aromatic N) is 1. The van der Waals surface area contributed by atoms with Crippen LogP contribution >= 0.6 is 0 Å². The van der Waals surface area contributed by atoms with E-state index in [0.29, 0.717) is 17.1 Å². The molecule has 0 radical (unpaired) electrons. The highest BCUT2D eigenvalue weighted by Gasteiger charge is 2.37. The van der Waals surface area contributed by atoms with Gasteiger partial charge in [-0.2, -0.15) is 8.78 Å². The maximum absolute atomic E-state index is 14.4. The van der Waals surface area contributed by atoms with Crippen molar-refractivity contribution < 1.29 is 32.2 Å². The molecule has 1 heterocycles. The highest BCUT2D eigenvalue weighted by molar-refractivity contribution is 6.16. The van der Waals surface area contributed by atoms with Crippen LogP contribution in [0.3, 0.4) is 0 Å². The van der Waals surface area contributed by atoms with Gasteiger partial charge < -0.3 is 19.2 Å². The molecule has 0 atom stereocenters. The van der Waals surface area contributed by atoms with Crippen molar-refractivity contribution in [2.24, 2.45) is 0 Å². The minimum atomic E-state index is -3.09. The van der Waals surface area contributed by atoms with Crippen LogP contribution in [0.5, 0.6) is 11.5 Å². The Morgan fingerprint density at radius 2 is 1.75 bits per heavy atom. The Kier molecular flexibility index (Phi) is 5.78. The van der Waals surface area contributed by atoms with Gasteiger partial charge in [0, 0.05) is 28.4 Å². The average molecular weight is 443 g/mol. The van der Waals surface area contributed by atoms with E-state index in [9.17, 15) is 22.8 Å². The number of aldehydes is 1. The van der Waals surface area contributed by atoms with E-state index < -0.39 is 18.3 Å². The average Bonchev–Trinajstić information content (AvgIpc) is 3.09. The zero-order chi connectivity index (χ0) is 23.0.